The second-order valence-corrected chi connectivity index (χ2v) is 6.39. The van der Waals surface area contributed by atoms with Gasteiger partial charge in [0.15, 0.2) is 0 Å². The van der Waals surface area contributed by atoms with Gasteiger partial charge in [-0.3, -0.25) is 10.1 Å². The summed E-state index contributed by atoms with van der Waals surface area (Å²) in [5.41, 5.74) is -0.381. The summed E-state index contributed by atoms with van der Waals surface area (Å²) in [4.78, 5) is 21.2. The highest BCUT2D eigenvalue weighted by atomic mass is 32.2. The van der Waals surface area contributed by atoms with Crippen molar-refractivity contribution in [3.8, 4) is 5.75 Å². The summed E-state index contributed by atoms with van der Waals surface area (Å²) >= 11 is 0. The summed E-state index contributed by atoms with van der Waals surface area (Å²) in [6, 6.07) is 8.61. The minimum Gasteiger partial charge on any atom is -0.423 e. The van der Waals surface area contributed by atoms with E-state index >= 15 is 0 Å². The van der Waals surface area contributed by atoms with Gasteiger partial charge in [0.1, 0.15) is 5.75 Å². The van der Waals surface area contributed by atoms with Gasteiger partial charge >= 0.3 is 11.7 Å². The van der Waals surface area contributed by atoms with E-state index in [0.717, 1.165) is 30.3 Å². The molecule has 2 aromatic rings. The number of carbonyl (C=O) groups is 1. The Balaban J connectivity index is 2.19. The van der Waals surface area contributed by atoms with Gasteiger partial charge < -0.3 is 4.74 Å². The Morgan fingerprint density at radius 2 is 1.75 bits per heavy atom. The predicted octanol–water partition coefficient (Wildman–Crippen LogP) is 2.81. The normalized spacial score (nSPS) is 11.3. The zero-order valence-electron chi connectivity index (χ0n) is 11.8. The molecule has 0 bridgehead atoms. The number of nitrogens with zero attached hydrogens (tertiary/aromatic N) is 1. The summed E-state index contributed by atoms with van der Waals surface area (Å²) < 4.78 is 52.3. The number of hydrogen-bond acceptors (Lipinski definition) is 6. The van der Waals surface area contributed by atoms with Crippen LogP contribution in [0.15, 0.2) is 53.4 Å². The lowest BCUT2D eigenvalue weighted by Crippen LogP contribution is -2.12. The molecule has 0 radical (unpaired) electrons. The molecular weight excluding hydrogens is 348 g/mol. The van der Waals surface area contributed by atoms with Crippen LogP contribution in [-0.2, 0) is 9.84 Å². The van der Waals surface area contributed by atoms with Gasteiger partial charge in [0.05, 0.1) is 21.4 Å². The molecule has 0 heterocycles. The van der Waals surface area contributed by atoms with E-state index in [1.807, 2.05) is 0 Å². The van der Waals surface area contributed by atoms with Crippen molar-refractivity contribution in [3.05, 3.63) is 64.2 Å². The average Bonchev–Trinajstić information content (AvgIpc) is 2.55. The number of sulfone groups is 1. The zero-order chi connectivity index (χ0) is 17.9. The fourth-order valence-corrected chi connectivity index (χ4v) is 2.43. The molecule has 0 saturated carbocycles. The Hall–Kier alpha value is -2.88. The number of ether oxygens (including phenoxy) is 1. The average molecular weight is 357 g/mol. The van der Waals surface area contributed by atoms with Crippen LogP contribution in [0.25, 0.3) is 0 Å². The Morgan fingerprint density at radius 1 is 1.12 bits per heavy atom. The van der Waals surface area contributed by atoms with Crippen LogP contribution in [0.5, 0.6) is 5.75 Å². The molecule has 126 valence electrons. The molecule has 0 unspecified atom stereocenters. The highest BCUT2D eigenvalue weighted by molar-refractivity contribution is 7.91. The minimum absolute atomic E-state index is 0.0847. The lowest BCUT2D eigenvalue weighted by molar-refractivity contribution is -0.384. The summed E-state index contributed by atoms with van der Waals surface area (Å²) in [5, 5.41) is 10.6. The van der Waals surface area contributed by atoms with Gasteiger partial charge in [-0.05, 0) is 30.3 Å². The van der Waals surface area contributed by atoms with Crippen LogP contribution in [0.3, 0.4) is 0 Å². The van der Waals surface area contributed by atoms with Gasteiger partial charge in [0.2, 0.25) is 9.84 Å². The molecule has 2 rings (SSSR count). The van der Waals surface area contributed by atoms with Gasteiger partial charge in [-0.2, -0.15) is 8.78 Å². The number of hydrogen-bond donors (Lipinski definition) is 0. The fraction of sp³-hybridized carbons (Fsp3) is 0.0714. The first-order valence-corrected chi connectivity index (χ1v) is 7.85. The molecule has 0 atom stereocenters. The molecule has 0 amide bonds. The molecule has 0 aliphatic rings. The molecule has 0 aliphatic carbocycles. The van der Waals surface area contributed by atoms with Gasteiger partial charge in [-0.15, -0.1) is 0 Å². The number of esters is 1. The quantitative estimate of drug-likeness (QED) is 0.353. The lowest BCUT2D eigenvalue weighted by Gasteiger charge is -2.06. The van der Waals surface area contributed by atoms with Crippen LogP contribution < -0.4 is 4.74 Å². The number of halogens is 2. The van der Waals surface area contributed by atoms with Crippen molar-refractivity contribution in [2.75, 3.05) is 0 Å². The molecule has 0 fully saturated rings. The first kappa shape index (κ1) is 17.5. The van der Waals surface area contributed by atoms with E-state index in [0.29, 0.717) is 0 Å². The van der Waals surface area contributed by atoms with Gasteiger partial charge in [-0.25, -0.2) is 13.2 Å². The first-order valence-electron chi connectivity index (χ1n) is 6.30. The smallest absolute Gasteiger partial charge is 0.343 e. The van der Waals surface area contributed by atoms with Crippen LogP contribution in [-0.4, -0.2) is 25.1 Å². The molecule has 10 heteroatoms. The highest BCUT2D eigenvalue weighted by Crippen LogP contribution is 2.22. The van der Waals surface area contributed by atoms with Crippen molar-refractivity contribution in [3.63, 3.8) is 0 Å². The molecule has 0 aliphatic heterocycles. The molecular formula is C14H9F2NO6S. The summed E-state index contributed by atoms with van der Waals surface area (Å²) in [6.45, 7) is 0. The van der Waals surface area contributed by atoms with E-state index in [4.69, 9.17) is 4.74 Å². The van der Waals surface area contributed by atoms with E-state index in [1.165, 1.54) is 18.2 Å². The SMILES string of the molecule is O=C(Oc1cccc([N+](=O)[O-])c1)c1ccc(S(=O)(=O)C(F)F)cc1. The molecule has 7 nitrogen and oxygen atoms in total. The van der Waals surface area contributed by atoms with Gasteiger partial charge in [0.25, 0.3) is 5.69 Å². The maximum absolute atomic E-state index is 12.4. The second kappa shape index (κ2) is 6.71. The van der Waals surface area contributed by atoms with E-state index in [1.54, 1.807) is 0 Å². The minimum atomic E-state index is -4.75. The lowest BCUT2D eigenvalue weighted by atomic mass is 10.2. The Kier molecular flexibility index (Phi) is 4.88. The van der Waals surface area contributed by atoms with Crippen LogP contribution in [0.2, 0.25) is 0 Å². The number of rotatable bonds is 5. The van der Waals surface area contributed by atoms with Crippen molar-refractivity contribution in [2.24, 2.45) is 0 Å². The number of carbonyl (C=O) groups excluding carboxylic acids is 1. The van der Waals surface area contributed by atoms with Crippen LogP contribution in [0, 0.1) is 10.1 Å². The molecule has 0 N–H and O–H groups in total. The van der Waals surface area contributed by atoms with Crippen molar-refractivity contribution >= 4 is 21.5 Å². The number of benzene rings is 2. The highest BCUT2D eigenvalue weighted by Gasteiger charge is 2.26. The van der Waals surface area contributed by atoms with E-state index < -0.39 is 31.4 Å². The Morgan fingerprint density at radius 3 is 2.29 bits per heavy atom. The van der Waals surface area contributed by atoms with E-state index in [9.17, 15) is 32.1 Å². The topological polar surface area (TPSA) is 104 Å². The van der Waals surface area contributed by atoms with Crippen LogP contribution in [0.4, 0.5) is 14.5 Å². The third-order valence-electron chi connectivity index (χ3n) is 2.89. The number of nitro benzene ring substituents is 1. The van der Waals surface area contributed by atoms with Crippen molar-refractivity contribution in [2.45, 2.75) is 10.7 Å². The Labute approximate surface area is 134 Å². The monoisotopic (exact) mass is 357 g/mol. The maximum Gasteiger partial charge on any atom is 0.343 e. The summed E-state index contributed by atoms with van der Waals surface area (Å²) in [6.07, 6.45) is 0. The van der Waals surface area contributed by atoms with Crippen molar-refractivity contribution in [1.82, 2.24) is 0 Å². The molecule has 0 spiro atoms. The molecule has 2 aromatic carbocycles. The van der Waals surface area contributed by atoms with Crippen LogP contribution >= 0.6 is 0 Å². The number of nitro groups is 1. The van der Waals surface area contributed by atoms with Crippen molar-refractivity contribution < 1.29 is 31.7 Å². The standard InChI is InChI=1S/C14H9F2NO6S/c15-14(16)24(21,22)12-6-4-9(5-7-12)13(18)23-11-3-1-2-10(8-11)17(19)20/h1-8,14H. The second-order valence-electron chi connectivity index (χ2n) is 4.47. The molecule has 0 saturated heterocycles. The third-order valence-corrected chi connectivity index (χ3v) is 4.29. The number of alkyl halides is 2. The zero-order valence-corrected chi connectivity index (χ0v) is 12.6. The van der Waals surface area contributed by atoms with Crippen molar-refractivity contribution in [1.29, 1.82) is 0 Å². The Bertz CT molecular complexity index is 880. The molecule has 24 heavy (non-hydrogen) atoms. The fourth-order valence-electron chi connectivity index (χ4n) is 1.71. The summed E-state index contributed by atoms with van der Waals surface area (Å²) in [5.74, 6) is -4.57. The van der Waals surface area contributed by atoms with Gasteiger partial charge in [0, 0.05) is 6.07 Å². The third kappa shape index (κ3) is 3.71. The maximum atomic E-state index is 12.4. The van der Waals surface area contributed by atoms with E-state index in [-0.39, 0.29) is 17.0 Å². The van der Waals surface area contributed by atoms with Gasteiger partial charge in [-0.1, -0.05) is 6.07 Å². The van der Waals surface area contributed by atoms with Crippen LogP contribution in [0.1, 0.15) is 10.4 Å². The largest absolute Gasteiger partial charge is 0.423 e. The summed E-state index contributed by atoms with van der Waals surface area (Å²) in [7, 11) is -4.75. The van der Waals surface area contributed by atoms with E-state index in [2.05, 4.69) is 0 Å². The number of non-ortho nitro benzene ring substituents is 1. The first-order chi connectivity index (χ1) is 11.2. The molecule has 0 aromatic heterocycles. The predicted molar refractivity (Wildman–Crippen MR) is 77.7 cm³/mol.